The average molecular weight is 231 g/mol. The molecule has 0 saturated heterocycles. The van der Waals surface area contributed by atoms with Crippen molar-refractivity contribution >= 4 is 12.0 Å². The van der Waals surface area contributed by atoms with E-state index in [0.29, 0.717) is 25.9 Å². The second-order valence-electron chi connectivity index (χ2n) is 3.34. The molecule has 6 nitrogen and oxygen atoms in total. The zero-order valence-corrected chi connectivity index (χ0v) is 10.1. The highest BCUT2D eigenvalue weighted by Gasteiger charge is 2.12. The summed E-state index contributed by atoms with van der Waals surface area (Å²) in [6.07, 6.45) is 0.993. The molecule has 0 fully saturated rings. The van der Waals surface area contributed by atoms with Crippen LogP contribution in [0.1, 0.15) is 19.8 Å². The van der Waals surface area contributed by atoms with E-state index in [9.17, 15) is 9.59 Å². The lowest BCUT2D eigenvalue weighted by atomic mass is 10.1. The molecule has 0 saturated carbocycles. The number of methoxy groups -OCH3 is 1. The van der Waals surface area contributed by atoms with Crippen molar-refractivity contribution < 1.29 is 14.3 Å². The molecular weight excluding hydrogens is 210 g/mol. The van der Waals surface area contributed by atoms with Crippen LogP contribution in [0.4, 0.5) is 4.79 Å². The lowest BCUT2D eigenvalue weighted by molar-refractivity contribution is -0.141. The molecular formula is C10H21N3O3. The summed E-state index contributed by atoms with van der Waals surface area (Å²) in [5.74, 6) is -0.252. The van der Waals surface area contributed by atoms with Gasteiger partial charge in [-0.05, 0) is 20.4 Å². The van der Waals surface area contributed by atoms with Crippen LogP contribution < -0.4 is 16.0 Å². The summed E-state index contributed by atoms with van der Waals surface area (Å²) in [5, 5.41) is 8.33. The largest absolute Gasteiger partial charge is 0.469 e. The minimum atomic E-state index is -0.252. The third-order valence-electron chi connectivity index (χ3n) is 2.16. The van der Waals surface area contributed by atoms with E-state index in [4.69, 9.17) is 0 Å². The summed E-state index contributed by atoms with van der Waals surface area (Å²) in [7, 11) is 3.14. The summed E-state index contributed by atoms with van der Waals surface area (Å²) in [5.41, 5.74) is 0. The first kappa shape index (κ1) is 14.7. The molecule has 16 heavy (non-hydrogen) atoms. The normalized spacial score (nSPS) is 11.7. The number of carbonyl (C=O) groups excluding carboxylic acids is 2. The number of hydrogen-bond acceptors (Lipinski definition) is 4. The predicted molar refractivity (Wildman–Crippen MR) is 61.2 cm³/mol. The smallest absolute Gasteiger partial charge is 0.314 e. The standard InChI is InChI=1S/C10H21N3O3/c1-4-12-10(15)13-6-5-8(11-2)7-9(14)16-3/h8,11H,4-7H2,1-3H3,(H2,12,13,15)/t8-/m0/s1. The zero-order valence-electron chi connectivity index (χ0n) is 10.1. The Morgan fingerprint density at radius 3 is 2.50 bits per heavy atom. The van der Waals surface area contributed by atoms with E-state index in [0.717, 1.165) is 0 Å². The number of hydrogen-bond donors (Lipinski definition) is 3. The Morgan fingerprint density at radius 2 is 2.00 bits per heavy atom. The number of ether oxygens (including phenoxy) is 1. The molecule has 0 heterocycles. The van der Waals surface area contributed by atoms with Crippen LogP contribution in [0.25, 0.3) is 0 Å². The van der Waals surface area contributed by atoms with Crippen LogP contribution in [-0.4, -0.2) is 45.3 Å². The van der Waals surface area contributed by atoms with Gasteiger partial charge in [-0.1, -0.05) is 0 Å². The summed E-state index contributed by atoms with van der Waals surface area (Å²) in [6.45, 7) is 2.98. The van der Waals surface area contributed by atoms with Gasteiger partial charge in [-0.15, -0.1) is 0 Å². The molecule has 6 heteroatoms. The Morgan fingerprint density at radius 1 is 1.31 bits per heavy atom. The first-order valence-electron chi connectivity index (χ1n) is 5.39. The molecule has 94 valence electrons. The molecule has 0 aromatic carbocycles. The van der Waals surface area contributed by atoms with Gasteiger partial charge in [0.25, 0.3) is 0 Å². The molecule has 1 atom stereocenters. The number of carbonyl (C=O) groups is 2. The van der Waals surface area contributed by atoms with Crippen LogP contribution in [0.15, 0.2) is 0 Å². The fourth-order valence-electron chi connectivity index (χ4n) is 1.22. The Labute approximate surface area is 96.1 Å². The van der Waals surface area contributed by atoms with Gasteiger partial charge in [-0.3, -0.25) is 4.79 Å². The van der Waals surface area contributed by atoms with Crippen molar-refractivity contribution in [2.75, 3.05) is 27.2 Å². The monoisotopic (exact) mass is 231 g/mol. The van der Waals surface area contributed by atoms with Crippen LogP contribution in [0.3, 0.4) is 0 Å². The third kappa shape index (κ3) is 7.05. The summed E-state index contributed by atoms with van der Waals surface area (Å²) in [4.78, 5) is 22.1. The Hall–Kier alpha value is -1.30. The van der Waals surface area contributed by atoms with Crippen molar-refractivity contribution in [3.63, 3.8) is 0 Å². The van der Waals surface area contributed by atoms with E-state index in [1.807, 2.05) is 6.92 Å². The van der Waals surface area contributed by atoms with Crippen molar-refractivity contribution in [3.8, 4) is 0 Å². The Bertz CT molecular complexity index is 221. The van der Waals surface area contributed by atoms with Gasteiger partial charge in [0.15, 0.2) is 0 Å². The topological polar surface area (TPSA) is 79.5 Å². The molecule has 0 aliphatic rings. The molecule has 0 aliphatic carbocycles. The van der Waals surface area contributed by atoms with Crippen molar-refractivity contribution in [2.24, 2.45) is 0 Å². The molecule has 0 radical (unpaired) electrons. The Kier molecular flexibility index (Phi) is 8.24. The van der Waals surface area contributed by atoms with E-state index in [1.165, 1.54) is 7.11 Å². The van der Waals surface area contributed by atoms with Gasteiger partial charge in [0, 0.05) is 19.1 Å². The third-order valence-corrected chi connectivity index (χ3v) is 2.16. The average Bonchev–Trinajstić information content (AvgIpc) is 2.27. The SMILES string of the molecule is CCNC(=O)NCC[C@@H](CC(=O)OC)NC. The molecule has 0 bridgehead atoms. The highest BCUT2D eigenvalue weighted by molar-refractivity contribution is 5.73. The van der Waals surface area contributed by atoms with Gasteiger partial charge < -0.3 is 20.7 Å². The summed E-state index contributed by atoms with van der Waals surface area (Å²) in [6, 6.07) is -0.162. The maximum Gasteiger partial charge on any atom is 0.314 e. The van der Waals surface area contributed by atoms with E-state index >= 15 is 0 Å². The van der Waals surface area contributed by atoms with Gasteiger partial charge in [-0.25, -0.2) is 4.79 Å². The maximum atomic E-state index is 11.1. The highest BCUT2D eigenvalue weighted by atomic mass is 16.5. The fourth-order valence-corrected chi connectivity index (χ4v) is 1.22. The number of rotatable bonds is 7. The van der Waals surface area contributed by atoms with Crippen LogP contribution in [-0.2, 0) is 9.53 Å². The van der Waals surface area contributed by atoms with E-state index in [-0.39, 0.29) is 18.0 Å². The molecule has 0 rings (SSSR count). The number of nitrogens with one attached hydrogen (secondary N) is 3. The van der Waals surface area contributed by atoms with Crippen LogP contribution in [0.5, 0.6) is 0 Å². The molecule has 0 spiro atoms. The summed E-state index contributed by atoms with van der Waals surface area (Å²) < 4.78 is 4.57. The number of urea groups is 1. The van der Waals surface area contributed by atoms with Crippen molar-refractivity contribution in [1.29, 1.82) is 0 Å². The lowest BCUT2D eigenvalue weighted by Gasteiger charge is -2.15. The molecule has 0 unspecified atom stereocenters. The van der Waals surface area contributed by atoms with Crippen molar-refractivity contribution in [2.45, 2.75) is 25.8 Å². The second-order valence-corrected chi connectivity index (χ2v) is 3.34. The fraction of sp³-hybridized carbons (Fsp3) is 0.800. The molecule has 0 aliphatic heterocycles. The van der Waals surface area contributed by atoms with Crippen LogP contribution in [0.2, 0.25) is 0 Å². The first-order chi connectivity index (χ1) is 7.63. The first-order valence-corrected chi connectivity index (χ1v) is 5.39. The van der Waals surface area contributed by atoms with Gasteiger partial charge in [0.2, 0.25) is 0 Å². The molecule has 2 amide bonds. The summed E-state index contributed by atoms with van der Waals surface area (Å²) >= 11 is 0. The highest BCUT2D eigenvalue weighted by Crippen LogP contribution is 1.98. The van der Waals surface area contributed by atoms with Gasteiger partial charge >= 0.3 is 12.0 Å². The predicted octanol–water partition coefficient (Wildman–Crippen LogP) is -0.153. The maximum absolute atomic E-state index is 11.1. The van der Waals surface area contributed by atoms with Crippen LogP contribution >= 0.6 is 0 Å². The second kappa shape index (κ2) is 8.96. The number of amides is 2. The quantitative estimate of drug-likeness (QED) is 0.532. The van der Waals surface area contributed by atoms with E-state index in [2.05, 4.69) is 20.7 Å². The molecule has 3 N–H and O–H groups in total. The van der Waals surface area contributed by atoms with Gasteiger partial charge in [0.1, 0.15) is 0 Å². The van der Waals surface area contributed by atoms with Crippen LogP contribution in [0, 0.1) is 0 Å². The Balaban J connectivity index is 3.70. The minimum absolute atomic E-state index is 0.0226. The van der Waals surface area contributed by atoms with E-state index < -0.39 is 0 Å². The van der Waals surface area contributed by atoms with Gasteiger partial charge in [0.05, 0.1) is 13.5 Å². The molecule has 0 aromatic heterocycles. The lowest BCUT2D eigenvalue weighted by Crippen LogP contribution is -2.38. The van der Waals surface area contributed by atoms with E-state index in [1.54, 1.807) is 7.05 Å². The number of esters is 1. The van der Waals surface area contributed by atoms with Gasteiger partial charge in [-0.2, -0.15) is 0 Å². The zero-order chi connectivity index (χ0) is 12.4. The minimum Gasteiger partial charge on any atom is -0.469 e. The van der Waals surface area contributed by atoms with Crippen molar-refractivity contribution in [3.05, 3.63) is 0 Å². The molecule has 0 aromatic rings. The van der Waals surface area contributed by atoms with Crippen molar-refractivity contribution in [1.82, 2.24) is 16.0 Å².